The Balaban J connectivity index is 0.00000405. The van der Waals surface area contributed by atoms with Gasteiger partial charge < -0.3 is 21.7 Å². The summed E-state index contributed by atoms with van der Waals surface area (Å²) in [5, 5.41) is 5.18. The molecule has 0 amide bonds. The molecule has 1 fully saturated rings. The van der Waals surface area contributed by atoms with Crippen molar-refractivity contribution in [1.29, 1.82) is 0 Å². The summed E-state index contributed by atoms with van der Waals surface area (Å²) >= 11 is 0. The van der Waals surface area contributed by atoms with Crippen molar-refractivity contribution in [2.24, 2.45) is 5.41 Å². The Morgan fingerprint density at radius 3 is 2.74 bits per heavy atom. The van der Waals surface area contributed by atoms with Gasteiger partial charge in [-0.2, -0.15) is 0 Å². The molecule has 1 aliphatic heterocycles. The van der Waals surface area contributed by atoms with E-state index in [1.54, 1.807) is 6.07 Å². The van der Waals surface area contributed by atoms with Crippen LogP contribution in [0.5, 0.6) is 0 Å². The number of ether oxygens (including phenoxy) is 1. The van der Waals surface area contributed by atoms with Crippen LogP contribution in [0.25, 0.3) is 11.0 Å². The van der Waals surface area contributed by atoms with Crippen LogP contribution in [0, 0.1) is 18.2 Å². The standard InChI is InChI=1S/C33H44FN3O4.ClH/c1-3-4-5-6-7-11-30(38)40-22-33(19-16-26-23(2)35-29-10-8-9-20-37(29)32(26)39)17-14-24(15-18-33)31-27-13-12-25(34)21-28(27)41-36-31;/h12-13,21,24H,3-11,14-20,22H2,1-2H3;1H/p-1. The highest BCUT2D eigenvalue weighted by Gasteiger charge is 2.38. The third-order valence-electron chi connectivity index (χ3n) is 9.40. The highest BCUT2D eigenvalue weighted by Crippen LogP contribution is 2.47. The fraction of sp³-hybridized carbons (Fsp3) is 0.636. The topological polar surface area (TPSA) is 87.2 Å². The second-order valence-corrected chi connectivity index (χ2v) is 12.3. The summed E-state index contributed by atoms with van der Waals surface area (Å²) in [5.41, 5.74) is 2.87. The zero-order chi connectivity index (χ0) is 28.8. The van der Waals surface area contributed by atoms with Gasteiger partial charge in [0.1, 0.15) is 11.6 Å². The molecule has 42 heavy (non-hydrogen) atoms. The number of rotatable bonds is 12. The lowest BCUT2D eigenvalue weighted by molar-refractivity contribution is -0.148. The summed E-state index contributed by atoms with van der Waals surface area (Å²) in [4.78, 5) is 30.9. The molecule has 0 bridgehead atoms. The van der Waals surface area contributed by atoms with Crippen LogP contribution >= 0.6 is 0 Å². The van der Waals surface area contributed by atoms with Crippen molar-refractivity contribution < 1.29 is 30.9 Å². The van der Waals surface area contributed by atoms with Gasteiger partial charge in [0.2, 0.25) is 0 Å². The maximum Gasteiger partial charge on any atom is 0.305 e. The summed E-state index contributed by atoms with van der Waals surface area (Å²) in [6, 6.07) is 4.58. The van der Waals surface area contributed by atoms with Crippen molar-refractivity contribution >= 4 is 16.9 Å². The zero-order valence-corrected chi connectivity index (χ0v) is 25.8. The van der Waals surface area contributed by atoms with Gasteiger partial charge in [0, 0.05) is 53.4 Å². The van der Waals surface area contributed by atoms with E-state index in [0.29, 0.717) is 25.0 Å². The average molecular weight is 601 g/mol. The summed E-state index contributed by atoms with van der Waals surface area (Å²) in [7, 11) is 0. The van der Waals surface area contributed by atoms with E-state index < -0.39 is 0 Å². The Labute approximate surface area is 254 Å². The van der Waals surface area contributed by atoms with Crippen LogP contribution in [0.2, 0.25) is 0 Å². The average Bonchev–Trinajstić information content (AvgIpc) is 3.39. The molecule has 1 aromatic carbocycles. The number of aryl methyl sites for hydroxylation is 2. The molecular formula is C33H44ClFN3O4-. The monoisotopic (exact) mass is 600 g/mol. The first kappa shape index (κ1) is 32.2. The first-order valence-corrected chi connectivity index (χ1v) is 15.7. The van der Waals surface area contributed by atoms with Gasteiger partial charge in [-0.3, -0.25) is 14.2 Å². The van der Waals surface area contributed by atoms with Crippen molar-refractivity contribution in [3.05, 3.63) is 57.1 Å². The SMILES string of the molecule is CCCCCCCC(=O)OCC1(CCc2c(C)nc3n(c2=O)CCCC3)CCC(c2noc3cc(F)ccc23)CC1.[Cl-]. The minimum atomic E-state index is -0.335. The molecule has 7 nitrogen and oxygen atoms in total. The summed E-state index contributed by atoms with van der Waals surface area (Å²) < 4.78 is 26.9. The van der Waals surface area contributed by atoms with Crippen LogP contribution in [0.4, 0.5) is 4.39 Å². The number of nitrogens with zero attached hydrogens (tertiary/aromatic N) is 3. The fourth-order valence-corrected chi connectivity index (χ4v) is 6.78. The van der Waals surface area contributed by atoms with E-state index in [0.717, 1.165) is 105 Å². The maximum atomic E-state index is 13.7. The Bertz CT molecular complexity index is 1410. The molecule has 2 aromatic heterocycles. The second kappa shape index (κ2) is 14.6. The summed E-state index contributed by atoms with van der Waals surface area (Å²) in [6.07, 6.45) is 13.7. The lowest BCUT2D eigenvalue weighted by Gasteiger charge is -2.39. The molecule has 2 aliphatic rings. The molecule has 9 heteroatoms. The van der Waals surface area contributed by atoms with Gasteiger partial charge in [0.05, 0.1) is 12.3 Å². The van der Waals surface area contributed by atoms with Crippen molar-refractivity contribution in [3.63, 3.8) is 0 Å². The molecule has 0 unspecified atom stereocenters. The van der Waals surface area contributed by atoms with Crippen molar-refractivity contribution in [3.8, 4) is 0 Å². The number of carbonyl (C=O) groups excluding carboxylic acids is 1. The molecular weight excluding hydrogens is 557 g/mol. The third-order valence-corrected chi connectivity index (χ3v) is 9.40. The largest absolute Gasteiger partial charge is 1.00 e. The van der Waals surface area contributed by atoms with Gasteiger partial charge in [0.15, 0.2) is 5.58 Å². The van der Waals surface area contributed by atoms with Crippen LogP contribution in [-0.4, -0.2) is 27.3 Å². The van der Waals surface area contributed by atoms with E-state index in [1.807, 2.05) is 11.5 Å². The van der Waals surface area contributed by atoms with Gasteiger partial charge in [-0.25, -0.2) is 9.37 Å². The third kappa shape index (κ3) is 7.42. The normalized spacial score (nSPS) is 20.2. The Morgan fingerprint density at radius 2 is 1.95 bits per heavy atom. The number of unbranched alkanes of at least 4 members (excludes halogenated alkanes) is 4. The molecule has 1 saturated carbocycles. The van der Waals surface area contributed by atoms with E-state index in [-0.39, 0.29) is 41.1 Å². The molecule has 230 valence electrons. The van der Waals surface area contributed by atoms with Crippen molar-refractivity contribution in [2.75, 3.05) is 6.61 Å². The number of carbonyl (C=O) groups is 1. The highest BCUT2D eigenvalue weighted by molar-refractivity contribution is 5.79. The lowest BCUT2D eigenvalue weighted by Crippen LogP contribution is -3.00. The molecule has 1 aliphatic carbocycles. The number of esters is 1. The first-order chi connectivity index (χ1) is 19.9. The Hall–Kier alpha value is -2.74. The summed E-state index contributed by atoms with van der Waals surface area (Å²) in [5.74, 6) is 0.643. The van der Waals surface area contributed by atoms with Crippen LogP contribution < -0.4 is 18.0 Å². The number of hydrogen-bond donors (Lipinski definition) is 0. The van der Waals surface area contributed by atoms with E-state index in [2.05, 4.69) is 12.1 Å². The maximum absolute atomic E-state index is 13.7. The number of fused-ring (bicyclic) bond motifs is 2. The van der Waals surface area contributed by atoms with Crippen LogP contribution in [0.15, 0.2) is 27.5 Å². The molecule has 5 rings (SSSR count). The smallest absolute Gasteiger partial charge is 0.305 e. The summed E-state index contributed by atoms with van der Waals surface area (Å²) in [6.45, 7) is 5.25. The van der Waals surface area contributed by atoms with Gasteiger partial charge >= 0.3 is 5.97 Å². The minimum Gasteiger partial charge on any atom is -1.00 e. The van der Waals surface area contributed by atoms with Crippen LogP contribution in [-0.2, 0) is 28.9 Å². The van der Waals surface area contributed by atoms with E-state index in [9.17, 15) is 14.0 Å². The zero-order valence-electron chi connectivity index (χ0n) is 25.1. The Morgan fingerprint density at radius 1 is 1.17 bits per heavy atom. The fourth-order valence-electron chi connectivity index (χ4n) is 6.78. The number of hydrogen-bond acceptors (Lipinski definition) is 6. The van der Waals surface area contributed by atoms with E-state index >= 15 is 0 Å². The van der Waals surface area contributed by atoms with Gasteiger partial charge in [-0.15, -0.1) is 0 Å². The van der Waals surface area contributed by atoms with Crippen LogP contribution in [0.3, 0.4) is 0 Å². The highest BCUT2D eigenvalue weighted by atomic mass is 35.5. The Kier molecular flexibility index (Phi) is 11.2. The second-order valence-electron chi connectivity index (χ2n) is 12.3. The number of benzene rings is 1. The van der Waals surface area contributed by atoms with Crippen LogP contribution in [0.1, 0.15) is 119 Å². The molecule has 0 N–H and O–H groups in total. The molecule has 0 saturated heterocycles. The van der Waals surface area contributed by atoms with Crippen molar-refractivity contribution in [2.45, 2.75) is 123 Å². The molecule has 0 atom stereocenters. The number of aromatic nitrogens is 3. The molecule has 3 heterocycles. The minimum absolute atomic E-state index is 0. The lowest BCUT2D eigenvalue weighted by atomic mass is 9.67. The molecule has 0 spiro atoms. The molecule has 0 radical (unpaired) electrons. The van der Waals surface area contributed by atoms with Gasteiger partial charge in [0.25, 0.3) is 5.56 Å². The molecule has 3 aromatic rings. The van der Waals surface area contributed by atoms with Gasteiger partial charge in [-0.05, 0) is 76.8 Å². The first-order valence-electron chi connectivity index (χ1n) is 15.7. The van der Waals surface area contributed by atoms with E-state index in [4.69, 9.17) is 14.2 Å². The predicted octanol–water partition coefficient (Wildman–Crippen LogP) is 4.35. The number of halogens is 2. The quantitative estimate of drug-likeness (QED) is 0.227. The van der Waals surface area contributed by atoms with E-state index in [1.165, 1.54) is 25.0 Å². The van der Waals surface area contributed by atoms with Crippen molar-refractivity contribution in [1.82, 2.24) is 14.7 Å². The van der Waals surface area contributed by atoms with Gasteiger partial charge in [-0.1, -0.05) is 37.8 Å². The predicted molar refractivity (Wildman–Crippen MR) is 156 cm³/mol.